The molecular weight excluding hydrogens is 298 g/mol. The van der Waals surface area contributed by atoms with Crippen molar-refractivity contribution in [2.75, 3.05) is 13.2 Å². The Morgan fingerprint density at radius 2 is 2.09 bits per heavy atom. The number of nitrogens with one attached hydrogen (secondary N) is 1. The van der Waals surface area contributed by atoms with E-state index in [9.17, 15) is 9.90 Å². The molecule has 0 fully saturated rings. The van der Waals surface area contributed by atoms with Crippen LogP contribution in [0.15, 0.2) is 35.0 Å². The number of carbonyl (C=O) groups excluding carboxylic acids is 1. The molecular formula is C17H21NO3S. The monoisotopic (exact) mass is 319 g/mol. The van der Waals surface area contributed by atoms with Gasteiger partial charge in [-0.1, -0.05) is 6.07 Å². The van der Waals surface area contributed by atoms with E-state index in [1.165, 1.54) is 16.9 Å². The topological polar surface area (TPSA) is 58.6 Å². The molecule has 0 saturated carbocycles. The molecule has 0 aliphatic rings. The number of thiophene rings is 1. The first-order chi connectivity index (χ1) is 10.4. The summed E-state index contributed by atoms with van der Waals surface area (Å²) < 4.78 is 5.47. The average Bonchev–Trinajstić information content (AvgIpc) is 3.01. The number of ether oxygens (including phenoxy) is 1. The lowest BCUT2D eigenvalue weighted by atomic mass is 9.99. The van der Waals surface area contributed by atoms with Gasteiger partial charge in [0.05, 0.1) is 6.54 Å². The van der Waals surface area contributed by atoms with E-state index in [1.54, 1.807) is 6.92 Å². The fourth-order valence-corrected chi connectivity index (χ4v) is 2.73. The summed E-state index contributed by atoms with van der Waals surface area (Å²) in [5.74, 6) is 0.413. The van der Waals surface area contributed by atoms with E-state index in [0.717, 1.165) is 11.1 Å². The van der Waals surface area contributed by atoms with Crippen LogP contribution in [-0.2, 0) is 10.4 Å². The van der Waals surface area contributed by atoms with Crippen molar-refractivity contribution >= 4 is 17.2 Å². The quantitative estimate of drug-likeness (QED) is 0.861. The zero-order valence-corrected chi connectivity index (χ0v) is 13.9. The van der Waals surface area contributed by atoms with Gasteiger partial charge in [0.25, 0.3) is 5.91 Å². The number of hydrogen-bond donors (Lipinski definition) is 2. The van der Waals surface area contributed by atoms with Gasteiger partial charge >= 0.3 is 0 Å². The van der Waals surface area contributed by atoms with Gasteiger partial charge < -0.3 is 15.2 Å². The first kappa shape index (κ1) is 16.5. The van der Waals surface area contributed by atoms with Crippen molar-refractivity contribution in [3.05, 3.63) is 51.7 Å². The van der Waals surface area contributed by atoms with E-state index >= 15 is 0 Å². The smallest absolute Gasteiger partial charge is 0.258 e. The molecule has 4 nitrogen and oxygen atoms in total. The molecule has 0 spiro atoms. The normalized spacial score (nSPS) is 13.5. The number of benzene rings is 1. The molecule has 22 heavy (non-hydrogen) atoms. The van der Waals surface area contributed by atoms with Gasteiger partial charge in [0, 0.05) is 0 Å². The van der Waals surface area contributed by atoms with Crippen LogP contribution in [0.3, 0.4) is 0 Å². The largest absolute Gasteiger partial charge is 0.484 e. The molecule has 5 heteroatoms. The van der Waals surface area contributed by atoms with Crippen LogP contribution >= 0.6 is 11.3 Å². The second kappa shape index (κ2) is 6.94. The molecule has 2 aromatic rings. The molecule has 1 amide bonds. The summed E-state index contributed by atoms with van der Waals surface area (Å²) in [6, 6.07) is 7.56. The maximum Gasteiger partial charge on any atom is 0.258 e. The lowest BCUT2D eigenvalue weighted by Gasteiger charge is -2.22. The molecule has 1 atom stereocenters. The Morgan fingerprint density at radius 1 is 1.32 bits per heavy atom. The van der Waals surface area contributed by atoms with Crippen molar-refractivity contribution in [2.45, 2.75) is 26.4 Å². The summed E-state index contributed by atoms with van der Waals surface area (Å²) in [5.41, 5.74) is 2.03. The molecule has 0 aliphatic heterocycles. The standard InChI is InChI=1S/C17H21NO3S/c1-12-4-5-15(8-13(12)2)21-9-16(19)18-11-17(3,20)14-6-7-22-10-14/h4-8,10,20H,9,11H2,1-3H3,(H,18,19). The predicted octanol–water partition coefficient (Wildman–Crippen LogP) is 2.77. The molecule has 0 aliphatic carbocycles. The maximum absolute atomic E-state index is 11.8. The van der Waals surface area contributed by atoms with Crippen molar-refractivity contribution < 1.29 is 14.6 Å². The van der Waals surface area contributed by atoms with E-state index in [4.69, 9.17) is 4.74 Å². The summed E-state index contributed by atoms with van der Waals surface area (Å²) in [5, 5.41) is 16.8. The summed E-state index contributed by atoms with van der Waals surface area (Å²) in [7, 11) is 0. The van der Waals surface area contributed by atoms with Crippen LogP contribution in [0.2, 0.25) is 0 Å². The van der Waals surface area contributed by atoms with Gasteiger partial charge in [0.1, 0.15) is 11.4 Å². The van der Waals surface area contributed by atoms with Crippen LogP contribution in [0.25, 0.3) is 0 Å². The minimum absolute atomic E-state index is 0.0672. The number of aliphatic hydroxyl groups is 1. The molecule has 1 aromatic carbocycles. The Hall–Kier alpha value is -1.85. The van der Waals surface area contributed by atoms with Gasteiger partial charge in [0.15, 0.2) is 6.61 Å². The number of carbonyl (C=O) groups is 1. The van der Waals surface area contributed by atoms with Crippen LogP contribution < -0.4 is 10.1 Å². The van der Waals surface area contributed by atoms with E-state index in [1.807, 2.05) is 48.9 Å². The van der Waals surface area contributed by atoms with Gasteiger partial charge in [-0.25, -0.2) is 0 Å². The molecule has 118 valence electrons. The minimum atomic E-state index is -1.07. The third-order valence-corrected chi connectivity index (χ3v) is 4.30. The number of hydrogen-bond acceptors (Lipinski definition) is 4. The predicted molar refractivity (Wildman–Crippen MR) is 88.3 cm³/mol. The van der Waals surface area contributed by atoms with E-state index in [-0.39, 0.29) is 19.1 Å². The van der Waals surface area contributed by atoms with Crippen LogP contribution in [0, 0.1) is 13.8 Å². The number of amides is 1. The van der Waals surface area contributed by atoms with Gasteiger partial charge in [-0.2, -0.15) is 11.3 Å². The SMILES string of the molecule is Cc1ccc(OCC(=O)NCC(C)(O)c2ccsc2)cc1C. The number of aryl methyl sites for hydroxylation is 2. The lowest BCUT2D eigenvalue weighted by molar-refractivity contribution is -0.124. The third kappa shape index (κ3) is 4.32. The Labute approximate surface area is 134 Å². The zero-order chi connectivity index (χ0) is 16.2. The highest BCUT2D eigenvalue weighted by Gasteiger charge is 2.24. The van der Waals surface area contributed by atoms with Crippen LogP contribution in [0.4, 0.5) is 0 Å². The van der Waals surface area contributed by atoms with E-state index in [0.29, 0.717) is 5.75 Å². The highest BCUT2D eigenvalue weighted by atomic mass is 32.1. The summed E-state index contributed by atoms with van der Waals surface area (Å²) in [4.78, 5) is 11.8. The maximum atomic E-state index is 11.8. The lowest BCUT2D eigenvalue weighted by Crippen LogP contribution is -2.40. The molecule has 0 saturated heterocycles. The highest BCUT2D eigenvalue weighted by Crippen LogP contribution is 2.22. The third-order valence-electron chi connectivity index (χ3n) is 3.62. The molecule has 1 unspecified atom stereocenters. The molecule has 2 rings (SSSR count). The number of rotatable bonds is 6. The Kier molecular flexibility index (Phi) is 5.21. The van der Waals surface area contributed by atoms with Crippen molar-refractivity contribution in [2.24, 2.45) is 0 Å². The van der Waals surface area contributed by atoms with Crippen LogP contribution in [-0.4, -0.2) is 24.2 Å². The average molecular weight is 319 g/mol. The van der Waals surface area contributed by atoms with E-state index in [2.05, 4.69) is 5.32 Å². The first-order valence-corrected chi connectivity index (χ1v) is 8.04. The van der Waals surface area contributed by atoms with Crippen molar-refractivity contribution in [1.29, 1.82) is 0 Å². The van der Waals surface area contributed by atoms with Crippen molar-refractivity contribution in [1.82, 2.24) is 5.32 Å². The molecule has 0 bridgehead atoms. The van der Waals surface area contributed by atoms with Gasteiger partial charge in [-0.15, -0.1) is 0 Å². The molecule has 1 aromatic heterocycles. The second-order valence-corrected chi connectivity index (χ2v) is 6.38. The first-order valence-electron chi connectivity index (χ1n) is 7.10. The van der Waals surface area contributed by atoms with Gasteiger partial charge in [0.2, 0.25) is 0 Å². The fourth-order valence-electron chi connectivity index (χ4n) is 1.95. The Balaban J connectivity index is 1.82. The summed E-state index contributed by atoms with van der Waals surface area (Å²) in [6.45, 7) is 5.79. The van der Waals surface area contributed by atoms with Crippen molar-refractivity contribution in [3.8, 4) is 5.75 Å². The molecule has 0 radical (unpaired) electrons. The van der Waals surface area contributed by atoms with Gasteiger partial charge in [-0.3, -0.25) is 4.79 Å². The molecule has 1 heterocycles. The fraction of sp³-hybridized carbons (Fsp3) is 0.353. The summed E-state index contributed by atoms with van der Waals surface area (Å²) in [6.07, 6.45) is 0. The van der Waals surface area contributed by atoms with Crippen molar-refractivity contribution in [3.63, 3.8) is 0 Å². The Bertz CT molecular complexity index is 635. The van der Waals surface area contributed by atoms with Gasteiger partial charge in [-0.05, 0) is 66.4 Å². The minimum Gasteiger partial charge on any atom is -0.484 e. The Morgan fingerprint density at radius 3 is 2.73 bits per heavy atom. The second-order valence-electron chi connectivity index (χ2n) is 5.60. The zero-order valence-electron chi connectivity index (χ0n) is 13.1. The van der Waals surface area contributed by atoms with Crippen LogP contribution in [0.5, 0.6) is 5.75 Å². The van der Waals surface area contributed by atoms with Crippen LogP contribution in [0.1, 0.15) is 23.6 Å². The summed E-state index contributed by atoms with van der Waals surface area (Å²) >= 11 is 1.51. The molecule has 2 N–H and O–H groups in total. The van der Waals surface area contributed by atoms with E-state index < -0.39 is 5.60 Å². The highest BCUT2D eigenvalue weighted by molar-refractivity contribution is 7.08.